The van der Waals surface area contributed by atoms with Crippen LogP contribution in [-0.4, -0.2) is 40.9 Å². The fraction of sp³-hybridized carbons (Fsp3) is 0.429. The number of amides is 3. The molecule has 1 N–H and O–H groups in total. The average Bonchev–Trinajstić information content (AvgIpc) is 3.05. The van der Waals surface area contributed by atoms with Gasteiger partial charge in [0.05, 0.1) is 6.54 Å². The molecule has 27 heavy (non-hydrogen) atoms. The zero-order valence-corrected chi connectivity index (χ0v) is 16.2. The topological polar surface area (TPSA) is 65.8 Å². The van der Waals surface area contributed by atoms with Crippen LogP contribution in [0.2, 0.25) is 0 Å². The molecule has 1 aliphatic rings. The van der Waals surface area contributed by atoms with Gasteiger partial charge in [-0.15, -0.1) is 0 Å². The lowest BCUT2D eigenvalue weighted by atomic mass is 10.0. The third kappa shape index (κ3) is 4.90. The van der Waals surface area contributed by atoms with Crippen LogP contribution < -0.4 is 5.32 Å². The van der Waals surface area contributed by atoms with Crippen molar-refractivity contribution < 1.29 is 14.0 Å². The third-order valence-electron chi connectivity index (χ3n) is 5.00. The molecule has 1 aromatic carbocycles. The molecular formula is C21H27N3O3. The van der Waals surface area contributed by atoms with Crippen molar-refractivity contribution >= 4 is 17.6 Å². The summed E-state index contributed by atoms with van der Waals surface area (Å²) >= 11 is 0. The van der Waals surface area contributed by atoms with Crippen molar-refractivity contribution in [2.75, 3.05) is 18.4 Å². The zero-order chi connectivity index (χ0) is 19.4. The second-order valence-electron chi connectivity index (χ2n) is 7.18. The fourth-order valence-corrected chi connectivity index (χ4v) is 3.52. The number of anilines is 1. The van der Waals surface area contributed by atoms with E-state index in [4.69, 9.17) is 4.42 Å². The smallest absolute Gasteiger partial charge is 0.322 e. The zero-order valence-electron chi connectivity index (χ0n) is 16.2. The van der Waals surface area contributed by atoms with E-state index in [1.807, 2.05) is 60.0 Å². The average molecular weight is 369 g/mol. The second kappa shape index (κ2) is 8.29. The van der Waals surface area contributed by atoms with Crippen LogP contribution in [0.3, 0.4) is 0 Å². The number of rotatable bonds is 4. The Bertz CT molecular complexity index is 807. The molecule has 2 aromatic rings. The molecule has 3 amide bonds. The largest absolute Gasteiger partial charge is 0.464 e. The van der Waals surface area contributed by atoms with Crippen molar-refractivity contribution in [1.82, 2.24) is 9.80 Å². The summed E-state index contributed by atoms with van der Waals surface area (Å²) in [6.07, 6.45) is 1.53. The van der Waals surface area contributed by atoms with E-state index in [0.717, 1.165) is 35.6 Å². The highest BCUT2D eigenvalue weighted by molar-refractivity contribution is 5.89. The van der Waals surface area contributed by atoms with Crippen molar-refractivity contribution in [3.05, 3.63) is 53.5 Å². The van der Waals surface area contributed by atoms with E-state index in [2.05, 4.69) is 5.32 Å². The minimum absolute atomic E-state index is 0.0656. The Morgan fingerprint density at radius 3 is 2.52 bits per heavy atom. The molecule has 0 aliphatic carbocycles. The number of nitrogens with zero attached hydrogens (tertiary/aromatic N) is 2. The van der Waals surface area contributed by atoms with Gasteiger partial charge < -0.3 is 19.5 Å². The minimum Gasteiger partial charge on any atom is -0.464 e. The van der Waals surface area contributed by atoms with Gasteiger partial charge in [-0.1, -0.05) is 12.1 Å². The molecule has 144 valence electrons. The van der Waals surface area contributed by atoms with Crippen LogP contribution in [0.15, 0.2) is 40.8 Å². The normalized spacial score (nSPS) is 14.9. The van der Waals surface area contributed by atoms with Crippen LogP contribution in [0.4, 0.5) is 10.5 Å². The van der Waals surface area contributed by atoms with Crippen molar-refractivity contribution in [3.8, 4) is 0 Å². The van der Waals surface area contributed by atoms with Crippen LogP contribution >= 0.6 is 0 Å². The first-order valence-electron chi connectivity index (χ1n) is 9.37. The van der Waals surface area contributed by atoms with E-state index >= 15 is 0 Å². The Balaban J connectivity index is 1.74. The van der Waals surface area contributed by atoms with E-state index in [0.29, 0.717) is 19.6 Å². The van der Waals surface area contributed by atoms with Gasteiger partial charge in [0, 0.05) is 31.7 Å². The minimum atomic E-state index is -0.143. The Labute approximate surface area is 160 Å². The van der Waals surface area contributed by atoms with Crippen molar-refractivity contribution in [2.24, 2.45) is 0 Å². The molecule has 0 bridgehead atoms. The second-order valence-corrected chi connectivity index (χ2v) is 7.18. The van der Waals surface area contributed by atoms with Gasteiger partial charge in [-0.2, -0.15) is 0 Å². The summed E-state index contributed by atoms with van der Waals surface area (Å²) in [5.74, 6) is 1.68. The Hall–Kier alpha value is -2.76. The first-order valence-corrected chi connectivity index (χ1v) is 9.37. The van der Waals surface area contributed by atoms with Gasteiger partial charge in [0.25, 0.3) is 0 Å². The fourth-order valence-electron chi connectivity index (χ4n) is 3.52. The summed E-state index contributed by atoms with van der Waals surface area (Å²) in [5, 5.41) is 3.01. The summed E-state index contributed by atoms with van der Waals surface area (Å²) in [6.45, 7) is 7.24. The van der Waals surface area contributed by atoms with Crippen LogP contribution in [0, 0.1) is 13.8 Å². The van der Waals surface area contributed by atoms with E-state index in [-0.39, 0.29) is 18.0 Å². The monoisotopic (exact) mass is 369 g/mol. The SMILES string of the molecule is CC(=O)N1CCC(N(Cc2ccc(C)o2)C(=O)Nc2cccc(C)c2)CC1. The van der Waals surface area contributed by atoms with Crippen LogP contribution in [0.1, 0.15) is 36.8 Å². The molecule has 0 unspecified atom stereocenters. The molecule has 1 saturated heterocycles. The van der Waals surface area contributed by atoms with Crippen LogP contribution in [0.25, 0.3) is 0 Å². The van der Waals surface area contributed by atoms with Gasteiger partial charge in [-0.25, -0.2) is 4.79 Å². The standard InChI is InChI=1S/C21H27N3O3/c1-15-5-4-6-18(13-15)22-21(26)24(14-20-8-7-16(2)27-20)19-9-11-23(12-10-19)17(3)25/h4-8,13,19H,9-12,14H2,1-3H3,(H,22,26). The number of nitrogens with one attached hydrogen (secondary N) is 1. The maximum atomic E-state index is 13.0. The van der Waals surface area contributed by atoms with Gasteiger partial charge in [0.2, 0.25) is 5.91 Å². The molecule has 0 spiro atoms. The first-order chi connectivity index (χ1) is 12.9. The maximum Gasteiger partial charge on any atom is 0.322 e. The number of carbonyl (C=O) groups is 2. The van der Waals surface area contributed by atoms with Gasteiger partial charge in [-0.05, 0) is 56.5 Å². The summed E-state index contributed by atoms with van der Waals surface area (Å²) in [5.41, 5.74) is 1.87. The number of aryl methyl sites for hydroxylation is 2. The Morgan fingerprint density at radius 2 is 1.93 bits per heavy atom. The molecule has 2 heterocycles. The number of benzene rings is 1. The predicted molar refractivity (Wildman–Crippen MR) is 104 cm³/mol. The maximum absolute atomic E-state index is 13.0. The van der Waals surface area contributed by atoms with E-state index in [1.54, 1.807) is 6.92 Å². The molecule has 0 atom stereocenters. The van der Waals surface area contributed by atoms with E-state index < -0.39 is 0 Å². The number of piperidine rings is 1. The van der Waals surface area contributed by atoms with Crippen molar-refractivity contribution in [1.29, 1.82) is 0 Å². The third-order valence-corrected chi connectivity index (χ3v) is 5.00. The lowest BCUT2D eigenvalue weighted by Gasteiger charge is -2.38. The Kier molecular flexibility index (Phi) is 5.84. The molecule has 1 aliphatic heterocycles. The number of carbonyl (C=O) groups excluding carboxylic acids is 2. The lowest BCUT2D eigenvalue weighted by molar-refractivity contribution is -0.130. The summed E-state index contributed by atoms with van der Waals surface area (Å²) in [6, 6.07) is 11.5. The van der Waals surface area contributed by atoms with Crippen LogP contribution in [-0.2, 0) is 11.3 Å². The molecule has 1 fully saturated rings. The van der Waals surface area contributed by atoms with Crippen molar-refractivity contribution in [2.45, 2.75) is 46.2 Å². The van der Waals surface area contributed by atoms with Crippen molar-refractivity contribution in [3.63, 3.8) is 0 Å². The molecule has 3 rings (SSSR count). The summed E-state index contributed by atoms with van der Waals surface area (Å²) in [4.78, 5) is 28.3. The first kappa shape index (κ1) is 19.0. The summed E-state index contributed by atoms with van der Waals surface area (Å²) in [7, 11) is 0. The molecule has 6 heteroatoms. The van der Waals surface area contributed by atoms with Gasteiger partial charge in [0.15, 0.2) is 0 Å². The number of furan rings is 1. The predicted octanol–water partition coefficient (Wildman–Crippen LogP) is 3.94. The molecule has 0 radical (unpaired) electrons. The molecule has 1 aromatic heterocycles. The van der Waals surface area contributed by atoms with Gasteiger partial charge >= 0.3 is 6.03 Å². The molecule has 0 saturated carbocycles. The number of hydrogen-bond acceptors (Lipinski definition) is 3. The highest BCUT2D eigenvalue weighted by atomic mass is 16.3. The lowest BCUT2D eigenvalue weighted by Crippen LogP contribution is -2.49. The Morgan fingerprint density at radius 1 is 1.19 bits per heavy atom. The number of urea groups is 1. The highest BCUT2D eigenvalue weighted by Crippen LogP contribution is 2.22. The van der Waals surface area contributed by atoms with E-state index in [1.165, 1.54) is 0 Å². The summed E-state index contributed by atoms with van der Waals surface area (Å²) < 4.78 is 5.70. The molecular weight excluding hydrogens is 342 g/mol. The van der Waals surface area contributed by atoms with Gasteiger partial charge in [-0.3, -0.25) is 4.79 Å². The van der Waals surface area contributed by atoms with Crippen LogP contribution in [0.5, 0.6) is 0 Å². The highest BCUT2D eigenvalue weighted by Gasteiger charge is 2.29. The number of likely N-dealkylation sites (tertiary alicyclic amines) is 1. The number of hydrogen-bond donors (Lipinski definition) is 1. The van der Waals surface area contributed by atoms with Gasteiger partial charge in [0.1, 0.15) is 11.5 Å². The van der Waals surface area contributed by atoms with E-state index in [9.17, 15) is 9.59 Å². The quantitative estimate of drug-likeness (QED) is 0.888. The molecule has 6 nitrogen and oxygen atoms in total.